The molecule has 1 atom stereocenters. The van der Waals surface area contributed by atoms with E-state index >= 15 is 0 Å². The standard InChI is InChI=1S/C11H15ClN4O3S2/c1-21(18,19)9-6-20-5-4-16(9)11(17)10-7(12)2-3-8(14-10)15-13/h2-3,9H,4-6,13H2,1H3,(H,14,15). The van der Waals surface area contributed by atoms with Gasteiger partial charge in [0.15, 0.2) is 9.84 Å². The molecule has 7 nitrogen and oxygen atoms in total. The lowest BCUT2D eigenvalue weighted by Gasteiger charge is -2.33. The van der Waals surface area contributed by atoms with Crippen LogP contribution in [-0.2, 0) is 9.84 Å². The molecule has 1 saturated heterocycles. The number of hydrogen-bond donors (Lipinski definition) is 2. The fraction of sp³-hybridized carbons (Fsp3) is 0.455. The van der Waals surface area contributed by atoms with Crippen LogP contribution < -0.4 is 11.3 Å². The van der Waals surface area contributed by atoms with Crippen LogP contribution >= 0.6 is 23.4 Å². The Balaban J connectivity index is 2.37. The van der Waals surface area contributed by atoms with E-state index in [9.17, 15) is 13.2 Å². The van der Waals surface area contributed by atoms with Gasteiger partial charge in [-0.1, -0.05) is 11.6 Å². The Morgan fingerprint density at radius 1 is 1.57 bits per heavy atom. The summed E-state index contributed by atoms with van der Waals surface area (Å²) in [6.45, 7) is 0.333. The molecule has 116 valence electrons. The first kappa shape index (κ1) is 16.3. The summed E-state index contributed by atoms with van der Waals surface area (Å²) < 4.78 is 23.7. The molecule has 21 heavy (non-hydrogen) atoms. The highest BCUT2D eigenvalue weighted by molar-refractivity contribution is 8.00. The van der Waals surface area contributed by atoms with Crippen LogP contribution in [0, 0.1) is 0 Å². The molecule has 0 radical (unpaired) electrons. The number of thioether (sulfide) groups is 1. The molecule has 1 aliphatic rings. The smallest absolute Gasteiger partial charge is 0.275 e. The van der Waals surface area contributed by atoms with Crippen LogP contribution in [-0.4, -0.2) is 53.9 Å². The average molecular weight is 351 g/mol. The summed E-state index contributed by atoms with van der Waals surface area (Å²) in [5, 5.41) is -0.708. The first-order valence-corrected chi connectivity index (χ1v) is 9.54. The molecule has 1 amide bonds. The fourth-order valence-electron chi connectivity index (χ4n) is 1.98. The lowest BCUT2D eigenvalue weighted by Crippen LogP contribution is -2.50. The van der Waals surface area contributed by atoms with Gasteiger partial charge in [0, 0.05) is 24.3 Å². The van der Waals surface area contributed by atoms with Crippen LogP contribution in [0.1, 0.15) is 10.5 Å². The highest BCUT2D eigenvalue weighted by atomic mass is 35.5. The average Bonchev–Trinajstić information content (AvgIpc) is 2.46. The molecule has 1 unspecified atom stereocenters. The lowest BCUT2D eigenvalue weighted by atomic mass is 10.3. The van der Waals surface area contributed by atoms with Crippen LogP contribution in [0.3, 0.4) is 0 Å². The van der Waals surface area contributed by atoms with E-state index in [0.717, 1.165) is 6.26 Å². The molecule has 10 heteroatoms. The molecule has 1 aromatic heterocycles. The number of nitrogens with two attached hydrogens (primary N) is 1. The van der Waals surface area contributed by atoms with Crippen molar-refractivity contribution in [3.63, 3.8) is 0 Å². The molecule has 0 bridgehead atoms. The maximum absolute atomic E-state index is 12.6. The van der Waals surface area contributed by atoms with Gasteiger partial charge < -0.3 is 10.3 Å². The molecule has 2 heterocycles. The van der Waals surface area contributed by atoms with E-state index in [1.54, 1.807) is 0 Å². The van der Waals surface area contributed by atoms with Gasteiger partial charge in [0.1, 0.15) is 16.9 Å². The zero-order valence-electron chi connectivity index (χ0n) is 11.2. The van der Waals surface area contributed by atoms with Crippen molar-refractivity contribution >= 4 is 44.9 Å². The van der Waals surface area contributed by atoms with Crippen molar-refractivity contribution in [2.75, 3.05) is 29.7 Å². The van der Waals surface area contributed by atoms with E-state index in [4.69, 9.17) is 17.4 Å². The number of anilines is 1. The van der Waals surface area contributed by atoms with Crippen molar-refractivity contribution in [2.45, 2.75) is 5.37 Å². The fourth-order valence-corrected chi connectivity index (χ4v) is 4.98. The zero-order chi connectivity index (χ0) is 15.6. The van der Waals surface area contributed by atoms with Gasteiger partial charge in [-0.25, -0.2) is 19.2 Å². The number of nitrogens with one attached hydrogen (secondary N) is 1. The summed E-state index contributed by atoms with van der Waals surface area (Å²) in [5.41, 5.74) is 2.32. The molecule has 2 rings (SSSR count). The van der Waals surface area contributed by atoms with Crippen LogP contribution in [0.25, 0.3) is 0 Å². The number of hydrazine groups is 1. The van der Waals surface area contributed by atoms with E-state index in [2.05, 4.69) is 10.4 Å². The van der Waals surface area contributed by atoms with Gasteiger partial charge in [-0.05, 0) is 12.1 Å². The molecule has 3 N–H and O–H groups in total. The number of halogens is 1. The Bertz CT molecular complexity index is 653. The van der Waals surface area contributed by atoms with Gasteiger partial charge in [-0.2, -0.15) is 11.8 Å². The number of amides is 1. The van der Waals surface area contributed by atoms with E-state index in [0.29, 0.717) is 18.1 Å². The van der Waals surface area contributed by atoms with Crippen LogP contribution in [0.4, 0.5) is 5.82 Å². The van der Waals surface area contributed by atoms with Crippen molar-refractivity contribution in [1.29, 1.82) is 0 Å². The minimum absolute atomic E-state index is 0.00679. The SMILES string of the molecule is CS(=O)(=O)C1CSCCN1C(=O)c1nc(NN)ccc1Cl. The number of aromatic nitrogens is 1. The summed E-state index contributed by atoms with van der Waals surface area (Å²) in [4.78, 5) is 17.9. The van der Waals surface area contributed by atoms with Gasteiger partial charge in [0.2, 0.25) is 0 Å². The maximum atomic E-state index is 12.6. The highest BCUT2D eigenvalue weighted by Gasteiger charge is 2.35. The summed E-state index contributed by atoms with van der Waals surface area (Å²) in [6.07, 6.45) is 1.12. The first-order chi connectivity index (χ1) is 9.84. The molecule has 0 spiro atoms. The molecular formula is C11H15ClN4O3S2. The summed E-state index contributed by atoms with van der Waals surface area (Å²) in [7, 11) is -3.38. The third kappa shape index (κ3) is 3.60. The van der Waals surface area contributed by atoms with Crippen molar-refractivity contribution in [2.24, 2.45) is 5.84 Å². The third-order valence-corrected chi connectivity index (χ3v) is 5.98. The number of carbonyl (C=O) groups is 1. The predicted molar refractivity (Wildman–Crippen MR) is 84.1 cm³/mol. The van der Waals surface area contributed by atoms with Gasteiger partial charge in [0.05, 0.1) is 5.02 Å². The van der Waals surface area contributed by atoms with Crippen molar-refractivity contribution in [3.8, 4) is 0 Å². The van der Waals surface area contributed by atoms with Crippen molar-refractivity contribution < 1.29 is 13.2 Å². The largest absolute Gasteiger partial charge is 0.319 e. The van der Waals surface area contributed by atoms with Crippen molar-refractivity contribution in [1.82, 2.24) is 9.88 Å². The number of nitrogen functional groups attached to an aromatic ring is 1. The Morgan fingerprint density at radius 3 is 2.90 bits per heavy atom. The summed E-state index contributed by atoms with van der Waals surface area (Å²) in [5.74, 6) is 6.06. The summed E-state index contributed by atoms with van der Waals surface area (Å²) >= 11 is 7.50. The molecule has 1 fully saturated rings. The molecule has 0 aliphatic carbocycles. The Hall–Kier alpha value is -1.03. The lowest BCUT2D eigenvalue weighted by molar-refractivity contribution is 0.0744. The first-order valence-electron chi connectivity index (χ1n) is 6.05. The van der Waals surface area contributed by atoms with Crippen LogP contribution in [0.15, 0.2) is 12.1 Å². The van der Waals surface area contributed by atoms with Gasteiger partial charge in [-0.3, -0.25) is 4.79 Å². The van der Waals surface area contributed by atoms with Gasteiger partial charge >= 0.3 is 0 Å². The molecule has 0 saturated carbocycles. The van der Waals surface area contributed by atoms with Gasteiger partial charge in [-0.15, -0.1) is 0 Å². The summed E-state index contributed by atoms with van der Waals surface area (Å²) in [6, 6.07) is 3.02. The second kappa shape index (κ2) is 6.39. The molecule has 1 aromatic rings. The normalized spacial score (nSPS) is 19.4. The number of nitrogens with zero attached hydrogens (tertiary/aromatic N) is 2. The molecular weight excluding hydrogens is 336 g/mol. The van der Waals surface area contributed by atoms with E-state index < -0.39 is 21.1 Å². The number of rotatable bonds is 3. The Morgan fingerprint density at radius 2 is 2.29 bits per heavy atom. The predicted octanol–water partition coefficient (Wildman–Crippen LogP) is 0.580. The van der Waals surface area contributed by atoms with E-state index in [1.165, 1.54) is 28.8 Å². The third-order valence-electron chi connectivity index (χ3n) is 3.04. The topological polar surface area (TPSA) is 105 Å². The van der Waals surface area contributed by atoms with E-state index in [1.807, 2.05) is 0 Å². The quantitative estimate of drug-likeness (QED) is 0.606. The second-order valence-corrected chi connectivity index (χ2v) is 8.29. The zero-order valence-corrected chi connectivity index (χ0v) is 13.6. The Kier molecular flexibility index (Phi) is 4.97. The number of sulfone groups is 1. The number of carbonyl (C=O) groups excluding carboxylic acids is 1. The maximum Gasteiger partial charge on any atom is 0.275 e. The monoisotopic (exact) mass is 350 g/mol. The number of pyridine rings is 1. The Labute approximate surface area is 132 Å². The minimum atomic E-state index is -3.38. The molecule has 0 aromatic carbocycles. The van der Waals surface area contributed by atoms with Crippen LogP contribution in [0.5, 0.6) is 0 Å². The van der Waals surface area contributed by atoms with Crippen molar-refractivity contribution in [3.05, 3.63) is 22.8 Å². The highest BCUT2D eigenvalue weighted by Crippen LogP contribution is 2.25. The van der Waals surface area contributed by atoms with Crippen LogP contribution in [0.2, 0.25) is 5.02 Å². The number of hydrogen-bond acceptors (Lipinski definition) is 7. The second-order valence-electron chi connectivity index (χ2n) is 4.53. The van der Waals surface area contributed by atoms with E-state index in [-0.39, 0.29) is 16.5 Å². The molecule has 1 aliphatic heterocycles. The van der Waals surface area contributed by atoms with Gasteiger partial charge in [0.25, 0.3) is 5.91 Å². The minimum Gasteiger partial charge on any atom is -0.319 e.